The molecule has 0 saturated carbocycles. The highest BCUT2D eigenvalue weighted by Crippen LogP contribution is 2.21. The van der Waals surface area contributed by atoms with Gasteiger partial charge in [0.05, 0.1) is 6.61 Å². The van der Waals surface area contributed by atoms with Gasteiger partial charge in [0.25, 0.3) is 0 Å². The van der Waals surface area contributed by atoms with E-state index < -0.39 is 0 Å². The summed E-state index contributed by atoms with van der Waals surface area (Å²) < 4.78 is 2.04. The van der Waals surface area contributed by atoms with Crippen molar-refractivity contribution in [2.45, 2.75) is 19.3 Å². The number of hydrogen-bond acceptors (Lipinski definition) is 1. The summed E-state index contributed by atoms with van der Waals surface area (Å²) in [5.41, 5.74) is 1.04. The Morgan fingerprint density at radius 1 is 1.55 bits per heavy atom. The molecule has 0 bridgehead atoms. The van der Waals surface area contributed by atoms with Gasteiger partial charge in [-0.1, -0.05) is 13.8 Å². The minimum atomic E-state index is -0.127. The van der Waals surface area contributed by atoms with Crippen molar-refractivity contribution < 1.29 is 5.11 Å². The van der Waals surface area contributed by atoms with E-state index in [1.54, 1.807) is 0 Å². The van der Waals surface area contributed by atoms with Crippen LogP contribution in [0, 0.1) is 0 Å². The summed E-state index contributed by atoms with van der Waals surface area (Å²) in [6.45, 7) is 4.25. The number of aryl methyl sites for hydroxylation is 1. The Balaban J connectivity index is 3.00. The number of aliphatic hydroxyl groups is 1. The van der Waals surface area contributed by atoms with Crippen molar-refractivity contribution in [3.8, 4) is 0 Å². The minimum Gasteiger partial charge on any atom is -0.395 e. The van der Waals surface area contributed by atoms with E-state index in [-0.39, 0.29) is 12.0 Å². The zero-order valence-electron chi connectivity index (χ0n) is 7.33. The predicted molar refractivity (Wildman–Crippen MR) is 45.5 cm³/mol. The summed E-state index contributed by atoms with van der Waals surface area (Å²) in [6, 6.07) is 4.03. The standard InChI is InChI=1S/C9H15NO/c1-9(2,7-11)8-5-4-6-10(8)3/h4-6,11H,7H2,1-3H3. The summed E-state index contributed by atoms with van der Waals surface area (Å²) in [7, 11) is 1.99. The van der Waals surface area contributed by atoms with E-state index in [4.69, 9.17) is 5.11 Å². The molecule has 0 saturated heterocycles. The van der Waals surface area contributed by atoms with Crippen molar-refractivity contribution in [2.75, 3.05) is 6.61 Å². The van der Waals surface area contributed by atoms with Gasteiger partial charge < -0.3 is 9.67 Å². The largest absolute Gasteiger partial charge is 0.395 e. The van der Waals surface area contributed by atoms with Gasteiger partial charge in [-0.3, -0.25) is 0 Å². The lowest BCUT2D eigenvalue weighted by atomic mass is 9.90. The van der Waals surface area contributed by atoms with Crippen LogP contribution in [0.4, 0.5) is 0 Å². The Kier molecular flexibility index (Phi) is 2.05. The second-order valence-corrected chi connectivity index (χ2v) is 3.55. The smallest absolute Gasteiger partial charge is 0.0536 e. The van der Waals surface area contributed by atoms with Gasteiger partial charge in [-0.05, 0) is 12.1 Å². The Bertz CT molecular complexity index is 237. The van der Waals surface area contributed by atoms with Crippen LogP contribution in [0.25, 0.3) is 0 Å². The third-order valence-electron chi connectivity index (χ3n) is 2.03. The van der Waals surface area contributed by atoms with Gasteiger partial charge in [-0.25, -0.2) is 0 Å². The summed E-state index contributed by atoms with van der Waals surface area (Å²) >= 11 is 0. The normalized spacial score (nSPS) is 12.0. The number of aromatic nitrogens is 1. The molecule has 0 fully saturated rings. The minimum absolute atomic E-state index is 0.127. The van der Waals surface area contributed by atoms with E-state index >= 15 is 0 Å². The molecule has 1 heterocycles. The molecule has 1 aromatic rings. The maximum absolute atomic E-state index is 9.08. The van der Waals surface area contributed by atoms with E-state index in [0.29, 0.717) is 0 Å². The summed E-state index contributed by atoms with van der Waals surface area (Å²) in [5, 5.41) is 9.08. The summed E-state index contributed by atoms with van der Waals surface area (Å²) in [4.78, 5) is 0. The third kappa shape index (κ3) is 1.46. The SMILES string of the molecule is Cn1cccc1C(C)(C)CO. The molecule has 0 aliphatic rings. The van der Waals surface area contributed by atoms with Crippen LogP contribution in [0.3, 0.4) is 0 Å². The second kappa shape index (κ2) is 2.70. The summed E-state index contributed by atoms with van der Waals surface area (Å²) in [5.74, 6) is 0. The van der Waals surface area contributed by atoms with Crippen LogP contribution in [0.2, 0.25) is 0 Å². The average Bonchev–Trinajstić information content (AvgIpc) is 2.36. The summed E-state index contributed by atoms with van der Waals surface area (Å²) in [6.07, 6.45) is 1.99. The average molecular weight is 153 g/mol. The van der Waals surface area contributed by atoms with Gasteiger partial charge in [0, 0.05) is 24.4 Å². The van der Waals surface area contributed by atoms with Gasteiger partial charge >= 0.3 is 0 Å². The van der Waals surface area contributed by atoms with Gasteiger partial charge in [0.15, 0.2) is 0 Å². The molecular formula is C9H15NO. The Morgan fingerprint density at radius 3 is 2.55 bits per heavy atom. The molecule has 0 unspecified atom stereocenters. The van der Waals surface area contributed by atoms with Crippen molar-refractivity contribution in [3.63, 3.8) is 0 Å². The number of nitrogens with zero attached hydrogens (tertiary/aromatic N) is 1. The van der Waals surface area contributed by atoms with Crippen LogP contribution >= 0.6 is 0 Å². The van der Waals surface area contributed by atoms with Gasteiger partial charge in [-0.2, -0.15) is 0 Å². The second-order valence-electron chi connectivity index (χ2n) is 3.55. The van der Waals surface area contributed by atoms with Crippen molar-refractivity contribution >= 4 is 0 Å². The van der Waals surface area contributed by atoms with Crippen LogP contribution in [0.1, 0.15) is 19.5 Å². The van der Waals surface area contributed by atoms with Crippen LogP contribution in [0.15, 0.2) is 18.3 Å². The number of hydrogen-bond donors (Lipinski definition) is 1. The molecule has 0 aliphatic heterocycles. The molecule has 2 heteroatoms. The third-order valence-corrected chi connectivity index (χ3v) is 2.03. The first kappa shape index (κ1) is 8.34. The fourth-order valence-electron chi connectivity index (χ4n) is 1.25. The molecule has 0 atom stereocenters. The predicted octanol–water partition coefficient (Wildman–Crippen LogP) is 1.29. The molecule has 62 valence electrons. The van der Waals surface area contributed by atoms with Crippen LogP contribution < -0.4 is 0 Å². The first-order valence-electron chi connectivity index (χ1n) is 3.80. The lowest BCUT2D eigenvalue weighted by molar-refractivity contribution is 0.213. The molecule has 0 aliphatic carbocycles. The fourth-order valence-corrected chi connectivity index (χ4v) is 1.25. The highest BCUT2D eigenvalue weighted by atomic mass is 16.3. The Labute approximate surface area is 67.5 Å². The molecule has 1 rings (SSSR count). The van der Waals surface area contributed by atoms with E-state index in [0.717, 1.165) is 0 Å². The lowest BCUT2D eigenvalue weighted by Crippen LogP contribution is -2.24. The number of aliphatic hydroxyl groups excluding tert-OH is 1. The molecule has 0 amide bonds. The van der Waals surface area contributed by atoms with Crippen molar-refractivity contribution in [1.29, 1.82) is 0 Å². The molecule has 1 aromatic heterocycles. The van der Waals surface area contributed by atoms with Gasteiger partial charge in [0.2, 0.25) is 0 Å². The van der Waals surface area contributed by atoms with Crippen molar-refractivity contribution in [2.24, 2.45) is 7.05 Å². The highest BCUT2D eigenvalue weighted by molar-refractivity contribution is 5.16. The van der Waals surface area contributed by atoms with Crippen LogP contribution in [-0.2, 0) is 12.5 Å². The molecule has 0 radical (unpaired) electrons. The van der Waals surface area contributed by atoms with Crippen molar-refractivity contribution in [1.82, 2.24) is 4.57 Å². The zero-order valence-corrected chi connectivity index (χ0v) is 7.33. The van der Waals surface area contributed by atoms with E-state index in [9.17, 15) is 0 Å². The molecule has 1 N–H and O–H groups in total. The van der Waals surface area contributed by atoms with Gasteiger partial charge in [-0.15, -0.1) is 0 Å². The quantitative estimate of drug-likeness (QED) is 0.680. The van der Waals surface area contributed by atoms with Gasteiger partial charge in [0.1, 0.15) is 0 Å². The van der Waals surface area contributed by atoms with E-state index in [2.05, 4.69) is 0 Å². The Hall–Kier alpha value is -0.760. The Morgan fingerprint density at radius 2 is 2.18 bits per heavy atom. The maximum atomic E-state index is 9.08. The first-order valence-corrected chi connectivity index (χ1v) is 3.80. The fraction of sp³-hybridized carbons (Fsp3) is 0.556. The molecule has 2 nitrogen and oxygen atoms in total. The zero-order chi connectivity index (χ0) is 8.48. The van der Waals surface area contributed by atoms with E-state index in [1.807, 2.05) is 43.8 Å². The van der Waals surface area contributed by atoms with Crippen LogP contribution in [0.5, 0.6) is 0 Å². The van der Waals surface area contributed by atoms with Crippen molar-refractivity contribution in [3.05, 3.63) is 24.0 Å². The highest BCUT2D eigenvalue weighted by Gasteiger charge is 2.21. The number of rotatable bonds is 2. The molecule has 0 spiro atoms. The molecule has 11 heavy (non-hydrogen) atoms. The maximum Gasteiger partial charge on any atom is 0.0536 e. The molecular weight excluding hydrogens is 138 g/mol. The van der Waals surface area contributed by atoms with E-state index in [1.165, 1.54) is 5.69 Å². The monoisotopic (exact) mass is 153 g/mol. The first-order chi connectivity index (χ1) is 5.08. The topological polar surface area (TPSA) is 25.2 Å². The lowest BCUT2D eigenvalue weighted by Gasteiger charge is -2.22. The molecule has 0 aromatic carbocycles. The van der Waals surface area contributed by atoms with Crippen LogP contribution in [-0.4, -0.2) is 16.3 Å².